The van der Waals surface area contributed by atoms with Gasteiger partial charge in [0, 0.05) is 40.3 Å². The van der Waals surface area contributed by atoms with Gasteiger partial charge in [-0.3, -0.25) is 19.2 Å². The number of hydrogen-bond acceptors (Lipinski definition) is 10. The molecule has 2 unspecified atom stereocenters. The van der Waals surface area contributed by atoms with Gasteiger partial charge >= 0.3 is 18.2 Å². The second-order valence-electron chi connectivity index (χ2n) is 12.5. The summed E-state index contributed by atoms with van der Waals surface area (Å²) in [6.45, 7) is 9.78. The molecule has 3 amide bonds. The van der Waals surface area contributed by atoms with Crippen LogP contribution in [0, 0.1) is 5.92 Å². The molecule has 3 aromatic rings. The number of rotatable bonds is 10. The number of aromatic nitrogens is 2. The Balaban J connectivity index is 1.59. The first-order valence-corrected chi connectivity index (χ1v) is 16.8. The Kier molecular flexibility index (Phi) is 12.3. The maximum Gasteiger partial charge on any atom is 0.419 e. The smallest absolute Gasteiger partial charge is 0.419 e. The molecule has 13 nitrogen and oxygen atoms in total. The molecule has 0 radical (unpaired) electrons. The largest absolute Gasteiger partial charge is 0.427 e. The normalized spacial score (nSPS) is 15.3. The second kappa shape index (κ2) is 16.1. The van der Waals surface area contributed by atoms with E-state index in [1.54, 1.807) is 33.8 Å². The Hall–Kier alpha value is -5.03. The number of carbonyl (C=O) groups is 4. The van der Waals surface area contributed by atoms with Crippen molar-refractivity contribution in [2.24, 2.45) is 11.7 Å². The highest BCUT2D eigenvalue weighted by Gasteiger charge is 2.36. The van der Waals surface area contributed by atoms with Gasteiger partial charge in [-0.25, -0.2) is 19.2 Å². The molecule has 3 N–H and O–H groups in total. The fraction of sp³-hybridized carbons (Fsp3) is 0.371. The van der Waals surface area contributed by atoms with Gasteiger partial charge in [0.2, 0.25) is 12.7 Å². The van der Waals surface area contributed by atoms with Crippen molar-refractivity contribution < 1.29 is 41.8 Å². The molecule has 0 bridgehead atoms. The van der Waals surface area contributed by atoms with Crippen molar-refractivity contribution in [3.8, 4) is 5.69 Å². The number of amides is 3. The molecule has 1 aliphatic rings. The number of benzene rings is 2. The first-order chi connectivity index (χ1) is 24.3. The average Bonchev–Trinajstić information content (AvgIpc) is 3.10. The fourth-order valence-corrected chi connectivity index (χ4v) is 5.68. The van der Waals surface area contributed by atoms with Crippen molar-refractivity contribution in [2.45, 2.75) is 65.0 Å². The lowest BCUT2D eigenvalue weighted by Crippen LogP contribution is -2.46. The van der Waals surface area contributed by atoms with E-state index in [2.05, 4.69) is 32.8 Å². The SMILES string of the molecule is C=CC(C)Nc1nc2c(c(=O)n1-c1ccc(C(=O)N(C)C(=O)OCOC(=O)C(N)C(C)C)cc1)C[C@@H](C)N(C(=O)c1ccc(Br)c(C(F)(F)F)c1)C2. The molecule has 3 atom stereocenters. The van der Waals surface area contributed by atoms with E-state index in [9.17, 15) is 37.1 Å². The topological polar surface area (TPSA) is 166 Å². The highest BCUT2D eigenvalue weighted by molar-refractivity contribution is 9.10. The van der Waals surface area contributed by atoms with E-state index < -0.39 is 60.1 Å². The maximum atomic E-state index is 14.1. The minimum absolute atomic E-state index is 0.0645. The number of imide groups is 1. The summed E-state index contributed by atoms with van der Waals surface area (Å²) in [7, 11) is 1.18. The van der Waals surface area contributed by atoms with E-state index in [0.717, 1.165) is 6.07 Å². The Morgan fingerprint density at radius 1 is 1.12 bits per heavy atom. The van der Waals surface area contributed by atoms with Crippen LogP contribution in [0.2, 0.25) is 0 Å². The highest BCUT2D eigenvalue weighted by atomic mass is 79.9. The average molecular weight is 792 g/mol. The number of anilines is 1. The molecular formula is C35H38BrF3N6O7. The molecular weight excluding hydrogens is 753 g/mol. The summed E-state index contributed by atoms with van der Waals surface area (Å²) in [6.07, 6.45) is -4.12. The third-order valence-electron chi connectivity index (χ3n) is 8.43. The summed E-state index contributed by atoms with van der Waals surface area (Å²) in [6, 6.07) is 7.15. The van der Waals surface area contributed by atoms with Crippen molar-refractivity contribution in [3.05, 3.63) is 97.9 Å². The second-order valence-corrected chi connectivity index (χ2v) is 13.4. The molecule has 278 valence electrons. The molecule has 17 heteroatoms. The van der Waals surface area contributed by atoms with Crippen LogP contribution in [0.25, 0.3) is 5.69 Å². The van der Waals surface area contributed by atoms with Crippen LogP contribution in [-0.2, 0) is 33.4 Å². The van der Waals surface area contributed by atoms with Gasteiger partial charge in [-0.15, -0.1) is 6.58 Å². The van der Waals surface area contributed by atoms with Crippen LogP contribution in [0.1, 0.15) is 65.2 Å². The highest BCUT2D eigenvalue weighted by Crippen LogP contribution is 2.36. The zero-order valence-electron chi connectivity index (χ0n) is 29.0. The molecule has 0 saturated heterocycles. The van der Waals surface area contributed by atoms with E-state index in [1.807, 2.05) is 0 Å². The Morgan fingerprint density at radius 3 is 2.35 bits per heavy atom. The van der Waals surface area contributed by atoms with Crippen LogP contribution < -0.4 is 16.6 Å². The van der Waals surface area contributed by atoms with Gasteiger partial charge < -0.3 is 25.4 Å². The number of nitrogens with one attached hydrogen (secondary N) is 1. The molecule has 52 heavy (non-hydrogen) atoms. The number of carbonyl (C=O) groups excluding carboxylic acids is 4. The number of ether oxygens (including phenoxy) is 2. The standard InChI is InChI=1S/C35H38BrF3N6O7/c1-7-19(4)41-33-42-27-16-44(30(47)22-10-13-26(36)25(15-22)35(37,38)39)20(5)14-24(27)31(48)45(33)23-11-8-21(9-12-23)29(46)43(6)34(50)52-17-51-32(49)28(40)18(2)3/h7-13,15,18-20,28H,1,14,16-17,40H2,2-6H3,(H,41,42)/t19?,20-,28?/m1/s1. The maximum absolute atomic E-state index is 14.1. The van der Waals surface area contributed by atoms with Gasteiger partial charge in [-0.05, 0) is 68.7 Å². The van der Waals surface area contributed by atoms with Crippen LogP contribution in [0.4, 0.5) is 23.9 Å². The lowest BCUT2D eigenvalue weighted by Gasteiger charge is -2.35. The predicted molar refractivity (Wildman–Crippen MR) is 188 cm³/mol. The zero-order valence-corrected chi connectivity index (χ0v) is 30.6. The number of alkyl halides is 3. The van der Waals surface area contributed by atoms with E-state index >= 15 is 0 Å². The third kappa shape index (κ3) is 8.70. The Bertz CT molecular complexity index is 1930. The lowest BCUT2D eigenvalue weighted by molar-refractivity contribution is -0.154. The number of esters is 1. The zero-order chi connectivity index (χ0) is 38.7. The van der Waals surface area contributed by atoms with Crippen LogP contribution in [0.15, 0.2) is 64.4 Å². The first kappa shape index (κ1) is 39.8. The molecule has 0 spiro atoms. The summed E-state index contributed by atoms with van der Waals surface area (Å²) < 4.78 is 51.5. The summed E-state index contributed by atoms with van der Waals surface area (Å²) >= 11 is 2.89. The van der Waals surface area contributed by atoms with E-state index in [0.29, 0.717) is 16.2 Å². The number of nitrogens with zero attached hydrogens (tertiary/aromatic N) is 4. The predicted octanol–water partition coefficient (Wildman–Crippen LogP) is 5.28. The van der Waals surface area contributed by atoms with Gasteiger partial charge in [-0.2, -0.15) is 13.2 Å². The van der Waals surface area contributed by atoms with E-state index in [1.165, 1.54) is 52.9 Å². The van der Waals surface area contributed by atoms with Crippen molar-refractivity contribution in [1.29, 1.82) is 0 Å². The Morgan fingerprint density at radius 2 is 1.75 bits per heavy atom. The van der Waals surface area contributed by atoms with Crippen LogP contribution >= 0.6 is 15.9 Å². The van der Waals surface area contributed by atoms with Crippen molar-refractivity contribution in [2.75, 3.05) is 19.2 Å². The summed E-state index contributed by atoms with van der Waals surface area (Å²) in [4.78, 5) is 71.7. The molecule has 4 rings (SSSR count). The van der Waals surface area contributed by atoms with E-state index in [-0.39, 0.29) is 52.2 Å². The minimum atomic E-state index is -4.68. The molecule has 1 aliphatic heterocycles. The summed E-state index contributed by atoms with van der Waals surface area (Å²) in [5, 5.41) is 3.10. The van der Waals surface area contributed by atoms with Gasteiger partial charge in [0.15, 0.2) is 0 Å². The monoisotopic (exact) mass is 790 g/mol. The number of nitrogens with two attached hydrogens (primary N) is 1. The molecule has 0 fully saturated rings. The van der Waals surface area contributed by atoms with Gasteiger partial charge in [-0.1, -0.05) is 35.9 Å². The third-order valence-corrected chi connectivity index (χ3v) is 9.12. The van der Waals surface area contributed by atoms with Crippen molar-refractivity contribution in [1.82, 2.24) is 19.4 Å². The quantitative estimate of drug-likeness (QED) is 0.157. The molecule has 0 saturated carbocycles. The Labute approximate surface area is 305 Å². The van der Waals surface area contributed by atoms with Gasteiger partial charge in [0.1, 0.15) is 6.04 Å². The van der Waals surface area contributed by atoms with Crippen molar-refractivity contribution in [3.63, 3.8) is 0 Å². The molecule has 0 aliphatic carbocycles. The van der Waals surface area contributed by atoms with E-state index in [4.69, 9.17) is 15.2 Å². The molecule has 2 aromatic carbocycles. The van der Waals surface area contributed by atoms with Crippen molar-refractivity contribution >= 4 is 45.8 Å². The summed E-state index contributed by atoms with van der Waals surface area (Å²) in [5.41, 5.74) is 5.04. The number of fused-ring (bicyclic) bond motifs is 1. The van der Waals surface area contributed by atoms with Gasteiger partial charge in [0.05, 0.1) is 23.5 Å². The fourth-order valence-electron chi connectivity index (χ4n) is 5.20. The summed E-state index contributed by atoms with van der Waals surface area (Å²) in [5.74, 6) is -2.27. The first-order valence-electron chi connectivity index (χ1n) is 16.0. The van der Waals surface area contributed by atoms with Crippen LogP contribution in [-0.4, -0.2) is 75.2 Å². The number of hydrogen-bond donors (Lipinski definition) is 2. The van der Waals surface area contributed by atoms with Crippen LogP contribution in [0.3, 0.4) is 0 Å². The number of halogens is 4. The van der Waals surface area contributed by atoms with Crippen LogP contribution in [0.5, 0.6) is 0 Å². The molecule has 1 aromatic heterocycles. The minimum Gasteiger partial charge on any atom is -0.427 e. The van der Waals surface area contributed by atoms with Gasteiger partial charge in [0.25, 0.3) is 17.4 Å². The lowest BCUT2D eigenvalue weighted by atomic mass is 9.98. The molecule has 2 heterocycles.